The maximum Gasteiger partial charge on any atom is 0.280 e. The molecule has 19 nitrogen and oxygen atoms in total. The molecule has 0 radical (unpaired) electrons. The van der Waals surface area contributed by atoms with Gasteiger partial charge >= 0.3 is 0 Å². The summed E-state index contributed by atoms with van der Waals surface area (Å²) >= 11 is 15.1. The van der Waals surface area contributed by atoms with Gasteiger partial charge in [-0.05, 0) is 56.2 Å². The number of nitrogen functional groups attached to an aromatic ring is 1. The number of nitrogens with zero attached hydrogens (tertiary/aromatic N) is 7. The van der Waals surface area contributed by atoms with Crippen molar-refractivity contribution in [1.82, 2.24) is 50.2 Å². The number of aryl methyl sites for hydroxylation is 2. The number of nitrogens with one attached hydrogen (secondary N) is 4. The van der Waals surface area contributed by atoms with Gasteiger partial charge in [-0.1, -0.05) is 59.2 Å². The van der Waals surface area contributed by atoms with Gasteiger partial charge in [-0.3, -0.25) is 38.3 Å². The van der Waals surface area contributed by atoms with Crippen molar-refractivity contribution in [3.8, 4) is 5.00 Å². The molecule has 23 heteroatoms. The smallest absolute Gasteiger partial charge is 0.280 e. The Bertz CT molecular complexity index is 2810. The van der Waals surface area contributed by atoms with Crippen LogP contribution in [-0.4, -0.2) is 122 Å². The van der Waals surface area contributed by atoms with Crippen molar-refractivity contribution in [3.63, 3.8) is 0 Å². The van der Waals surface area contributed by atoms with Gasteiger partial charge in [-0.2, -0.15) is 4.98 Å². The Morgan fingerprint density at radius 1 is 0.896 bits per heavy atom. The van der Waals surface area contributed by atoms with Crippen molar-refractivity contribution in [1.29, 1.82) is 0 Å². The number of anilines is 1. The summed E-state index contributed by atoms with van der Waals surface area (Å²) < 4.78 is 20.6. The van der Waals surface area contributed by atoms with Crippen molar-refractivity contribution in [2.24, 2.45) is 4.99 Å². The van der Waals surface area contributed by atoms with E-state index in [-0.39, 0.29) is 61.6 Å². The fraction of sp³-hybridized carbons (Fsp3) is 0.386. The second-order valence-corrected chi connectivity index (χ2v) is 18.4. The van der Waals surface area contributed by atoms with Gasteiger partial charge in [-0.15, -0.1) is 21.5 Å². The summed E-state index contributed by atoms with van der Waals surface area (Å²) in [6.07, 6.45) is 0.0693. The quantitative estimate of drug-likeness (QED) is 0.0466. The summed E-state index contributed by atoms with van der Waals surface area (Å²) in [4.78, 5) is 68.7. The van der Waals surface area contributed by atoms with Crippen molar-refractivity contribution < 1.29 is 28.6 Å². The Kier molecular flexibility index (Phi) is 16.8. The molecule has 0 saturated carbocycles. The number of thiophene rings is 1. The lowest BCUT2D eigenvalue weighted by Gasteiger charge is -2.17. The second-order valence-electron chi connectivity index (χ2n) is 15.4. The van der Waals surface area contributed by atoms with Gasteiger partial charge in [-0.25, -0.2) is 4.98 Å². The largest absolute Gasteiger partial charge is 0.377 e. The van der Waals surface area contributed by atoms with E-state index in [4.69, 9.17) is 48.1 Å². The zero-order chi connectivity index (χ0) is 47.6. The number of benzene rings is 2. The molecule has 0 fully saturated rings. The summed E-state index contributed by atoms with van der Waals surface area (Å²) in [5.74, 6) is 0.367. The second kappa shape index (κ2) is 22.9. The summed E-state index contributed by atoms with van der Waals surface area (Å²) in [6.45, 7) is 9.87. The number of aromatic nitrogens is 7. The van der Waals surface area contributed by atoms with Gasteiger partial charge in [0.2, 0.25) is 23.7 Å². The number of aliphatic imine (C=N–C) groups is 1. The minimum absolute atomic E-state index is 0.0609. The third-order valence-electron chi connectivity index (χ3n) is 10.5. The zero-order valence-electron chi connectivity index (χ0n) is 37.2. The minimum Gasteiger partial charge on any atom is -0.377 e. The van der Waals surface area contributed by atoms with Crippen molar-refractivity contribution in [2.45, 2.75) is 57.9 Å². The number of hydrogen-bond acceptors (Lipinski definition) is 15. The molecule has 0 aliphatic carbocycles. The van der Waals surface area contributed by atoms with Crippen LogP contribution >= 0.6 is 46.3 Å². The lowest BCUT2D eigenvalue weighted by molar-refractivity contribution is -0.127. The Hall–Kier alpha value is -5.68. The predicted octanol–water partition coefficient (Wildman–Crippen LogP) is 4.49. The first-order valence-corrected chi connectivity index (χ1v) is 23.9. The average Bonchev–Trinajstić information content (AvgIpc) is 3.91. The molecule has 67 heavy (non-hydrogen) atoms. The number of rotatable bonds is 22. The molecular weight excluding hydrogens is 944 g/mol. The van der Waals surface area contributed by atoms with Gasteiger partial charge in [0, 0.05) is 51.8 Å². The number of nitrogens with two attached hydrogens (primary N) is 1. The molecule has 3 amide bonds. The summed E-state index contributed by atoms with van der Waals surface area (Å²) in [7, 11) is 0. The summed E-state index contributed by atoms with van der Waals surface area (Å²) in [6, 6.07) is 13.2. The first-order chi connectivity index (χ1) is 32.3. The monoisotopic (exact) mass is 992 g/mol. The van der Waals surface area contributed by atoms with Crippen LogP contribution in [0.2, 0.25) is 10.0 Å². The lowest BCUT2D eigenvalue weighted by Crippen LogP contribution is -2.48. The normalized spacial score (nSPS) is 13.7. The highest BCUT2D eigenvalue weighted by Crippen LogP contribution is 2.39. The molecule has 6 N–H and O–H groups in total. The Labute approximate surface area is 403 Å². The number of aromatic amines is 1. The number of carbonyl (C=O) groups excluding carboxylic acids is 3. The van der Waals surface area contributed by atoms with Gasteiger partial charge in [0.1, 0.15) is 22.9 Å². The van der Waals surface area contributed by atoms with Crippen LogP contribution in [0, 0.1) is 20.8 Å². The molecule has 7 rings (SSSR count). The first kappa shape index (κ1) is 49.2. The van der Waals surface area contributed by atoms with E-state index in [1.54, 1.807) is 28.0 Å². The summed E-state index contributed by atoms with van der Waals surface area (Å²) in [5.41, 5.74) is 10.4. The van der Waals surface area contributed by atoms with Crippen LogP contribution in [0.5, 0.6) is 0 Å². The van der Waals surface area contributed by atoms with E-state index in [1.165, 1.54) is 18.7 Å². The number of imidazole rings is 1. The van der Waals surface area contributed by atoms with Crippen molar-refractivity contribution in [2.75, 3.05) is 64.2 Å². The molecule has 1 aliphatic rings. The standard InChI is InChI=1S/C44H50Cl2N12O7S2/c1-24-25(2)67-42-35(24)36(29-7-11-31(46)12-8-29)51-32(38-56-55-26(3)58(38)42)21-34(60)48-13-15-63-17-19-65-20-18-64-16-14-49-40(61)33(50-27(4)59)23-66-44-52-37-39(53-43(47)54-41(37)62)57(44)22-28-5-9-30(45)10-6-28/h5-12,32-33H,13-23H2,1-4H3,(H,48,60)(H,49,61)(H,50,59)(H3,47,53,54,62)/t32-,33-/m0/s1. The molecule has 5 heterocycles. The van der Waals surface area contributed by atoms with Gasteiger partial charge in [0.05, 0.1) is 58.3 Å². The molecular formula is C44H50Cl2N12O7S2. The zero-order valence-corrected chi connectivity index (χ0v) is 40.3. The van der Waals surface area contributed by atoms with Crippen molar-refractivity contribution in [3.05, 3.63) is 108 Å². The maximum absolute atomic E-state index is 13.2. The average molecular weight is 994 g/mol. The van der Waals surface area contributed by atoms with Gasteiger partial charge < -0.3 is 35.9 Å². The number of H-pyrrole nitrogens is 1. The predicted molar refractivity (Wildman–Crippen MR) is 258 cm³/mol. The number of ether oxygens (including phenoxy) is 3. The number of carbonyl (C=O) groups is 3. The van der Waals surface area contributed by atoms with Crippen LogP contribution in [0.1, 0.15) is 58.2 Å². The Morgan fingerprint density at radius 3 is 2.21 bits per heavy atom. The fourth-order valence-corrected chi connectivity index (χ4v) is 9.65. The molecule has 0 unspecified atom stereocenters. The highest BCUT2D eigenvalue weighted by atomic mass is 35.5. The summed E-state index contributed by atoms with van der Waals surface area (Å²) in [5, 5.41) is 19.8. The lowest BCUT2D eigenvalue weighted by atomic mass is 9.99. The molecule has 0 bridgehead atoms. The topological polar surface area (TPSA) is 248 Å². The SMILES string of the molecule is CC(=O)N[C@@H](CSc1nc2c(=O)[nH]c(N)nc2n1Cc1ccc(Cl)cc1)C(=O)NCCOCCOCCOCCNC(=O)C[C@@H]1N=C(c2ccc(Cl)cc2)c2c(sc(C)c2C)-n2c(C)nnc21. The van der Waals surface area contributed by atoms with E-state index in [1.807, 2.05) is 47.9 Å². The minimum atomic E-state index is -0.917. The van der Waals surface area contributed by atoms with Gasteiger partial charge in [0.15, 0.2) is 22.1 Å². The molecule has 0 saturated heterocycles. The van der Waals surface area contributed by atoms with E-state index in [9.17, 15) is 19.2 Å². The molecule has 2 atom stereocenters. The third kappa shape index (κ3) is 12.5. The van der Waals surface area contributed by atoms with E-state index < -0.39 is 29.5 Å². The number of fused-ring (bicyclic) bond motifs is 4. The Morgan fingerprint density at radius 2 is 1.54 bits per heavy atom. The number of thioether (sulfide) groups is 1. The first-order valence-electron chi connectivity index (χ1n) is 21.3. The fourth-order valence-electron chi connectivity index (χ4n) is 7.17. The van der Waals surface area contributed by atoms with Crippen LogP contribution in [0.25, 0.3) is 16.2 Å². The molecule has 2 aromatic carbocycles. The van der Waals surface area contributed by atoms with Crippen LogP contribution in [0.15, 0.2) is 63.5 Å². The highest BCUT2D eigenvalue weighted by Gasteiger charge is 2.32. The van der Waals surface area contributed by atoms with E-state index >= 15 is 0 Å². The molecule has 0 spiro atoms. The van der Waals surface area contributed by atoms with Crippen LogP contribution in [0.3, 0.4) is 0 Å². The number of halogens is 2. The number of hydrogen-bond donors (Lipinski definition) is 5. The third-order valence-corrected chi connectivity index (χ3v) is 13.3. The van der Waals surface area contributed by atoms with Crippen LogP contribution in [-0.2, 0) is 35.1 Å². The van der Waals surface area contributed by atoms with Crippen LogP contribution in [0.4, 0.5) is 5.95 Å². The highest BCUT2D eigenvalue weighted by molar-refractivity contribution is 7.99. The molecule has 4 aromatic heterocycles. The maximum atomic E-state index is 13.2. The van der Waals surface area contributed by atoms with Crippen LogP contribution < -0.4 is 27.2 Å². The molecule has 6 aromatic rings. The van der Waals surface area contributed by atoms with E-state index in [0.29, 0.717) is 53.9 Å². The van der Waals surface area contributed by atoms with E-state index in [0.717, 1.165) is 43.7 Å². The molecule has 1 aliphatic heterocycles. The van der Waals surface area contributed by atoms with E-state index in [2.05, 4.69) is 54.9 Å². The number of amides is 3. The van der Waals surface area contributed by atoms with Crippen molar-refractivity contribution >= 4 is 86.8 Å². The Balaban J connectivity index is 0.797. The van der Waals surface area contributed by atoms with Gasteiger partial charge in [0.25, 0.3) is 5.56 Å². The molecule has 354 valence electrons.